The summed E-state index contributed by atoms with van der Waals surface area (Å²) in [5, 5.41) is 2.82. The summed E-state index contributed by atoms with van der Waals surface area (Å²) in [4.78, 5) is 12.7. The van der Waals surface area contributed by atoms with Gasteiger partial charge >= 0.3 is 0 Å². The van der Waals surface area contributed by atoms with Gasteiger partial charge in [0.15, 0.2) is 0 Å². The quantitative estimate of drug-likeness (QED) is 0.661. The number of nitrogens with one attached hydrogen (secondary N) is 2. The molecule has 28 heavy (non-hydrogen) atoms. The predicted octanol–water partition coefficient (Wildman–Crippen LogP) is 4.66. The van der Waals surface area contributed by atoms with Crippen LogP contribution in [0.5, 0.6) is 0 Å². The average Bonchev–Trinajstić information content (AvgIpc) is 2.65. The van der Waals surface area contributed by atoms with Gasteiger partial charge in [-0.05, 0) is 73.9 Å². The Labute approximate surface area is 165 Å². The number of carbonyl (C=O) groups excluding carboxylic acids is 1. The monoisotopic (exact) mass is 394 g/mol. The Balaban J connectivity index is 1.88. The third kappa shape index (κ3) is 4.40. The van der Waals surface area contributed by atoms with Gasteiger partial charge in [0.25, 0.3) is 15.9 Å². The van der Waals surface area contributed by atoms with Crippen LogP contribution in [0.4, 0.5) is 11.4 Å². The Morgan fingerprint density at radius 2 is 1.43 bits per heavy atom. The molecule has 0 aliphatic heterocycles. The van der Waals surface area contributed by atoms with Crippen molar-refractivity contribution in [3.05, 3.63) is 89.0 Å². The fourth-order valence-corrected chi connectivity index (χ4v) is 4.10. The van der Waals surface area contributed by atoms with Crippen molar-refractivity contribution < 1.29 is 13.2 Å². The fraction of sp³-hybridized carbons (Fsp3) is 0.136. The van der Waals surface area contributed by atoms with Crippen LogP contribution in [0.1, 0.15) is 27.0 Å². The van der Waals surface area contributed by atoms with Crippen LogP contribution in [0.2, 0.25) is 0 Å². The fourth-order valence-electron chi connectivity index (χ4n) is 2.77. The Morgan fingerprint density at radius 3 is 2.11 bits per heavy atom. The van der Waals surface area contributed by atoms with Crippen molar-refractivity contribution >= 4 is 27.3 Å². The van der Waals surface area contributed by atoms with Gasteiger partial charge in [-0.3, -0.25) is 9.52 Å². The van der Waals surface area contributed by atoms with E-state index in [4.69, 9.17) is 0 Å². The molecule has 2 N–H and O–H groups in total. The normalized spacial score (nSPS) is 11.1. The van der Waals surface area contributed by atoms with Gasteiger partial charge in [-0.2, -0.15) is 0 Å². The van der Waals surface area contributed by atoms with Gasteiger partial charge in [0.1, 0.15) is 0 Å². The first-order valence-corrected chi connectivity index (χ1v) is 10.3. The lowest BCUT2D eigenvalue weighted by atomic mass is 10.1. The maximum absolute atomic E-state index is 12.8. The van der Waals surface area contributed by atoms with Gasteiger partial charge in [-0.25, -0.2) is 8.42 Å². The highest BCUT2D eigenvalue weighted by Crippen LogP contribution is 2.22. The van der Waals surface area contributed by atoms with Crippen molar-refractivity contribution in [2.24, 2.45) is 0 Å². The van der Waals surface area contributed by atoms with Crippen molar-refractivity contribution in [3.8, 4) is 0 Å². The molecule has 1 amide bonds. The molecule has 0 bridgehead atoms. The van der Waals surface area contributed by atoms with Gasteiger partial charge < -0.3 is 5.32 Å². The Bertz CT molecular complexity index is 1120. The molecule has 0 atom stereocenters. The van der Waals surface area contributed by atoms with E-state index in [1.165, 1.54) is 6.07 Å². The smallest absolute Gasteiger partial charge is 0.262 e. The molecule has 3 rings (SSSR count). The van der Waals surface area contributed by atoms with Crippen LogP contribution >= 0.6 is 0 Å². The molecule has 3 aromatic rings. The molecule has 0 radical (unpaired) electrons. The summed E-state index contributed by atoms with van der Waals surface area (Å²) >= 11 is 0. The number of amides is 1. The summed E-state index contributed by atoms with van der Waals surface area (Å²) in [5.74, 6) is -0.362. The number of aryl methyl sites for hydroxylation is 3. The standard InChI is InChI=1S/C22H22N2O3S/c1-15-10-12-20(13-17(15)3)23-22(25)18-11-9-16(2)21(14-18)28(26,27)24-19-7-5-4-6-8-19/h4-14,24H,1-3H3,(H,23,25). The lowest BCUT2D eigenvalue weighted by Crippen LogP contribution is -2.17. The Kier molecular flexibility index (Phi) is 5.51. The molecule has 0 spiro atoms. The predicted molar refractivity (Wildman–Crippen MR) is 112 cm³/mol. The van der Waals surface area contributed by atoms with Crippen molar-refractivity contribution in [3.63, 3.8) is 0 Å². The molecule has 144 valence electrons. The van der Waals surface area contributed by atoms with Gasteiger partial charge in [0.05, 0.1) is 4.90 Å². The molecule has 0 saturated heterocycles. The van der Waals surface area contributed by atoms with Crippen molar-refractivity contribution in [1.82, 2.24) is 0 Å². The molecule has 3 aromatic carbocycles. The second-order valence-electron chi connectivity index (χ2n) is 6.70. The van der Waals surface area contributed by atoms with Crippen molar-refractivity contribution in [2.45, 2.75) is 25.7 Å². The van der Waals surface area contributed by atoms with Crippen LogP contribution in [0.15, 0.2) is 71.6 Å². The zero-order valence-corrected chi connectivity index (χ0v) is 16.8. The number of rotatable bonds is 5. The van der Waals surface area contributed by atoms with Crippen molar-refractivity contribution in [1.29, 1.82) is 0 Å². The molecule has 0 aliphatic carbocycles. The molecule has 0 heterocycles. The summed E-state index contributed by atoms with van der Waals surface area (Å²) in [6.07, 6.45) is 0. The second-order valence-corrected chi connectivity index (χ2v) is 8.36. The van der Waals surface area contributed by atoms with Crippen LogP contribution in [-0.4, -0.2) is 14.3 Å². The minimum atomic E-state index is -3.82. The number of carbonyl (C=O) groups is 1. The molecular weight excluding hydrogens is 372 g/mol. The van der Waals surface area contributed by atoms with Crippen LogP contribution < -0.4 is 10.0 Å². The summed E-state index contributed by atoms with van der Waals surface area (Å²) in [6.45, 7) is 5.67. The van der Waals surface area contributed by atoms with E-state index in [1.807, 2.05) is 32.0 Å². The summed E-state index contributed by atoms with van der Waals surface area (Å²) in [5.41, 5.74) is 4.17. The first-order chi connectivity index (χ1) is 13.3. The highest BCUT2D eigenvalue weighted by atomic mass is 32.2. The van der Waals surface area contributed by atoms with Gasteiger partial charge in [-0.15, -0.1) is 0 Å². The van der Waals surface area contributed by atoms with E-state index < -0.39 is 10.0 Å². The van der Waals surface area contributed by atoms with E-state index in [1.54, 1.807) is 49.4 Å². The summed E-state index contributed by atoms with van der Waals surface area (Å²) in [6, 6.07) is 18.9. The van der Waals surface area contributed by atoms with E-state index in [-0.39, 0.29) is 16.4 Å². The Morgan fingerprint density at radius 1 is 0.750 bits per heavy atom. The number of hydrogen-bond acceptors (Lipinski definition) is 3. The molecule has 5 nitrogen and oxygen atoms in total. The van der Waals surface area contributed by atoms with Crippen LogP contribution in [0, 0.1) is 20.8 Å². The molecule has 6 heteroatoms. The highest BCUT2D eigenvalue weighted by molar-refractivity contribution is 7.92. The largest absolute Gasteiger partial charge is 0.322 e. The lowest BCUT2D eigenvalue weighted by molar-refractivity contribution is 0.102. The minimum Gasteiger partial charge on any atom is -0.322 e. The average molecular weight is 394 g/mol. The maximum atomic E-state index is 12.8. The second kappa shape index (κ2) is 7.86. The maximum Gasteiger partial charge on any atom is 0.262 e. The third-order valence-electron chi connectivity index (χ3n) is 4.53. The topological polar surface area (TPSA) is 75.3 Å². The number of hydrogen-bond donors (Lipinski definition) is 2. The minimum absolute atomic E-state index is 0.0732. The van der Waals surface area contributed by atoms with Crippen LogP contribution in [0.25, 0.3) is 0 Å². The van der Waals surface area contributed by atoms with Crippen LogP contribution in [0.3, 0.4) is 0 Å². The molecular formula is C22H22N2O3S. The molecule has 0 aliphatic rings. The number of para-hydroxylation sites is 1. The van der Waals surface area contributed by atoms with Crippen LogP contribution in [-0.2, 0) is 10.0 Å². The zero-order chi connectivity index (χ0) is 20.3. The summed E-state index contributed by atoms with van der Waals surface area (Å²) in [7, 11) is -3.82. The SMILES string of the molecule is Cc1ccc(NC(=O)c2ccc(C)c(S(=O)(=O)Nc3ccccc3)c2)cc1C. The molecule has 0 fully saturated rings. The number of anilines is 2. The van der Waals surface area contributed by atoms with E-state index in [9.17, 15) is 13.2 Å². The van der Waals surface area contributed by atoms with E-state index in [0.29, 0.717) is 16.9 Å². The van der Waals surface area contributed by atoms with Gasteiger partial charge in [0.2, 0.25) is 0 Å². The number of benzene rings is 3. The molecule has 0 unspecified atom stereocenters. The van der Waals surface area contributed by atoms with E-state index in [2.05, 4.69) is 10.0 Å². The first-order valence-electron chi connectivity index (χ1n) is 8.83. The van der Waals surface area contributed by atoms with E-state index in [0.717, 1.165) is 11.1 Å². The third-order valence-corrected chi connectivity index (χ3v) is 6.05. The lowest BCUT2D eigenvalue weighted by Gasteiger charge is -2.12. The zero-order valence-electron chi connectivity index (χ0n) is 16.0. The number of sulfonamides is 1. The first kappa shape index (κ1) is 19.6. The molecule has 0 aromatic heterocycles. The highest BCUT2D eigenvalue weighted by Gasteiger charge is 2.19. The Hall–Kier alpha value is -3.12. The van der Waals surface area contributed by atoms with Gasteiger partial charge in [-0.1, -0.05) is 30.3 Å². The summed E-state index contributed by atoms with van der Waals surface area (Å²) < 4.78 is 28.1. The molecule has 0 saturated carbocycles. The van der Waals surface area contributed by atoms with Gasteiger partial charge in [0, 0.05) is 16.9 Å². The van der Waals surface area contributed by atoms with Crippen molar-refractivity contribution in [2.75, 3.05) is 10.0 Å². The van der Waals surface area contributed by atoms with E-state index >= 15 is 0 Å².